The van der Waals surface area contributed by atoms with Crippen molar-refractivity contribution in [3.8, 4) is 11.6 Å². The summed E-state index contributed by atoms with van der Waals surface area (Å²) in [5.41, 5.74) is 6.74. The maximum Gasteiger partial charge on any atom is 0.219 e. The van der Waals surface area contributed by atoms with E-state index in [-0.39, 0.29) is 29.8 Å². The molecule has 0 saturated heterocycles. The summed E-state index contributed by atoms with van der Waals surface area (Å²) in [5, 5.41) is 3.04. The van der Waals surface area contributed by atoms with Crippen LogP contribution in [0.5, 0.6) is 11.6 Å². The van der Waals surface area contributed by atoms with Crippen molar-refractivity contribution >= 4 is 29.9 Å². The first-order chi connectivity index (χ1) is 12.2. The molecule has 6 nitrogen and oxygen atoms in total. The maximum atomic E-state index is 12.9. The van der Waals surface area contributed by atoms with Gasteiger partial charge in [-0.15, -0.1) is 24.0 Å². The molecule has 0 amide bonds. The highest BCUT2D eigenvalue weighted by Gasteiger charge is 2.01. The largest absolute Gasteiger partial charge is 0.439 e. The molecule has 26 heavy (non-hydrogen) atoms. The number of pyridine rings is 1. The van der Waals surface area contributed by atoms with Gasteiger partial charge in [-0.25, -0.2) is 14.4 Å². The molecule has 0 fully saturated rings. The van der Waals surface area contributed by atoms with E-state index in [1.165, 1.54) is 12.1 Å². The van der Waals surface area contributed by atoms with Gasteiger partial charge >= 0.3 is 0 Å². The highest BCUT2D eigenvalue weighted by Crippen LogP contribution is 2.20. The van der Waals surface area contributed by atoms with Crippen molar-refractivity contribution < 1.29 is 13.9 Å². The van der Waals surface area contributed by atoms with Gasteiger partial charge in [-0.2, -0.15) is 0 Å². The maximum absolute atomic E-state index is 12.9. The average molecular weight is 474 g/mol. The van der Waals surface area contributed by atoms with Gasteiger partial charge in [0.2, 0.25) is 5.88 Å². The molecule has 1 aromatic carbocycles. The Morgan fingerprint density at radius 1 is 1.27 bits per heavy atom. The molecule has 0 spiro atoms. The number of ether oxygens (including phenoxy) is 2. The van der Waals surface area contributed by atoms with Crippen molar-refractivity contribution in [3.63, 3.8) is 0 Å². The number of hydrogen-bond donors (Lipinski definition) is 2. The number of hydrogen-bond acceptors (Lipinski definition) is 4. The Balaban J connectivity index is 0.00000338. The third-order valence-electron chi connectivity index (χ3n) is 3.24. The monoisotopic (exact) mass is 474 g/mol. The zero-order chi connectivity index (χ0) is 17.9. The lowest BCUT2D eigenvalue weighted by Crippen LogP contribution is -2.32. The van der Waals surface area contributed by atoms with E-state index in [9.17, 15) is 4.39 Å². The van der Waals surface area contributed by atoms with Crippen molar-refractivity contribution in [1.82, 2.24) is 10.3 Å². The van der Waals surface area contributed by atoms with E-state index in [4.69, 9.17) is 15.2 Å². The van der Waals surface area contributed by atoms with Crippen molar-refractivity contribution in [3.05, 3.63) is 54.0 Å². The topological polar surface area (TPSA) is 81.8 Å². The van der Waals surface area contributed by atoms with Crippen molar-refractivity contribution in [2.75, 3.05) is 19.8 Å². The minimum Gasteiger partial charge on any atom is -0.439 e. The highest BCUT2D eigenvalue weighted by molar-refractivity contribution is 14.0. The van der Waals surface area contributed by atoms with Gasteiger partial charge in [-0.3, -0.25) is 0 Å². The van der Waals surface area contributed by atoms with Crippen LogP contribution in [0.3, 0.4) is 0 Å². The standard InChI is InChI=1S/C18H23FN4O2.HI/c1-2-24-11-3-9-22-18(20)23-13-14-8-10-21-17(12-14)25-16-6-4-15(19)5-7-16;/h4-8,10,12H,2-3,9,11,13H2,1H3,(H3,20,22,23);1H. The summed E-state index contributed by atoms with van der Waals surface area (Å²) in [6.07, 6.45) is 2.50. The zero-order valence-electron chi connectivity index (χ0n) is 14.7. The number of nitrogens with one attached hydrogen (secondary N) is 1. The van der Waals surface area contributed by atoms with Gasteiger partial charge in [0.25, 0.3) is 0 Å². The van der Waals surface area contributed by atoms with Crippen LogP contribution in [0.15, 0.2) is 47.6 Å². The summed E-state index contributed by atoms with van der Waals surface area (Å²) in [6.45, 7) is 4.50. The fraction of sp³-hybridized carbons (Fsp3) is 0.333. The molecule has 0 saturated carbocycles. The van der Waals surface area contributed by atoms with Crippen LogP contribution < -0.4 is 15.8 Å². The van der Waals surface area contributed by atoms with Gasteiger partial charge in [0.1, 0.15) is 11.6 Å². The lowest BCUT2D eigenvalue weighted by Gasteiger charge is -2.07. The molecule has 8 heteroatoms. The van der Waals surface area contributed by atoms with Gasteiger partial charge in [-0.1, -0.05) is 0 Å². The molecule has 1 heterocycles. The predicted molar refractivity (Wildman–Crippen MR) is 111 cm³/mol. The van der Waals surface area contributed by atoms with Crippen molar-refractivity contribution in [2.24, 2.45) is 10.7 Å². The summed E-state index contributed by atoms with van der Waals surface area (Å²) in [4.78, 5) is 8.42. The quantitative estimate of drug-likeness (QED) is 0.252. The molecule has 0 atom stereocenters. The summed E-state index contributed by atoms with van der Waals surface area (Å²) in [6, 6.07) is 9.37. The number of benzene rings is 1. The van der Waals surface area contributed by atoms with Gasteiger partial charge in [0.05, 0.1) is 6.54 Å². The van der Waals surface area contributed by atoms with Gasteiger partial charge in [0, 0.05) is 32.0 Å². The van der Waals surface area contributed by atoms with E-state index in [1.54, 1.807) is 24.4 Å². The van der Waals surface area contributed by atoms with Gasteiger partial charge < -0.3 is 20.5 Å². The molecule has 2 aromatic rings. The molecule has 0 aliphatic heterocycles. The van der Waals surface area contributed by atoms with Crippen LogP contribution in [0.1, 0.15) is 18.9 Å². The molecular weight excluding hydrogens is 450 g/mol. The van der Waals surface area contributed by atoms with Gasteiger partial charge in [-0.05, 0) is 49.2 Å². The molecule has 0 aliphatic carbocycles. The predicted octanol–water partition coefficient (Wildman–Crippen LogP) is 3.46. The van der Waals surface area contributed by atoms with Crippen molar-refractivity contribution in [1.29, 1.82) is 0 Å². The SMILES string of the molecule is CCOCCCNC(N)=NCc1ccnc(Oc2ccc(F)cc2)c1.I. The Labute approximate surface area is 170 Å². The fourth-order valence-corrected chi connectivity index (χ4v) is 2.00. The second kappa shape index (κ2) is 12.4. The summed E-state index contributed by atoms with van der Waals surface area (Å²) in [7, 11) is 0. The Bertz CT molecular complexity index is 683. The lowest BCUT2D eigenvalue weighted by molar-refractivity contribution is 0.145. The smallest absolute Gasteiger partial charge is 0.219 e. The van der Waals surface area contributed by atoms with Crippen LogP contribution in [0.2, 0.25) is 0 Å². The molecular formula is C18H24FIN4O2. The lowest BCUT2D eigenvalue weighted by atomic mass is 10.2. The molecule has 0 aliphatic rings. The van der Waals surface area contributed by atoms with Crippen LogP contribution in [-0.4, -0.2) is 30.7 Å². The molecule has 3 N–H and O–H groups in total. The molecule has 1 aromatic heterocycles. The number of nitrogens with zero attached hydrogens (tertiary/aromatic N) is 2. The third kappa shape index (κ3) is 8.43. The normalized spacial score (nSPS) is 10.9. The Morgan fingerprint density at radius 3 is 2.77 bits per heavy atom. The zero-order valence-corrected chi connectivity index (χ0v) is 17.0. The average Bonchev–Trinajstić information content (AvgIpc) is 2.62. The number of nitrogens with two attached hydrogens (primary N) is 1. The number of rotatable bonds is 9. The number of aliphatic imine (C=N–C) groups is 1. The summed E-state index contributed by atoms with van der Waals surface area (Å²) >= 11 is 0. The highest BCUT2D eigenvalue weighted by atomic mass is 127. The summed E-state index contributed by atoms with van der Waals surface area (Å²) in [5.74, 6) is 1.01. The van der Waals surface area contributed by atoms with E-state index in [2.05, 4.69) is 15.3 Å². The molecule has 142 valence electrons. The fourth-order valence-electron chi connectivity index (χ4n) is 2.00. The number of halogens is 2. The van der Waals surface area contributed by atoms with Gasteiger partial charge in [0.15, 0.2) is 5.96 Å². The third-order valence-corrected chi connectivity index (χ3v) is 3.24. The van der Waals surface area contributed by atoms with Crippen LogP contribution in [0.4, 0.5) is 4.39 Å². The van der Waals surface area contributed by atoms with E-state index in [1.807, 2.05) is 13.0 Å². The van der Waals surface area contributed by atoms with E-state index in [0.717, 1.165) is 12.0 Å². The summed E-state index contributed by atoms with van der Waals surface area (Å²) < 4.78 is 23.8. The molecule has 0 unspecified atom stereocenters. The van der Waals surface area contributed by atoms with Crippen LogP contribution in [-0.2, 0) is 11.3 Å². The van der Waals surface area contributed by atoms with Crippen LogP contribution >= 0.6 is 24.0 Å². The Hall–Kier alpha value is -1.94. The first-order valence-electron chi connectivity index (χ1n) is 8.17. The first kappa shape index (κ1) is 22.1. The minimum atomic E-state index is -0.312. The first-order valence-corrected chi connectivity index (χ1v) is 8.17. The molecule has 0 radical (unpaired) electrons. The van der Waals surface area contributed by atoms with Crippen molar-refractivity contribution in [2.45, 2.75) is 19.9 Å². The van der Waals surface area contributed by atoms with Crippen LogP contribution in [0, 0.1) is 5.82 Å². The molecule has 2 rings (SSSR count). The Morgan fingerprint density at radius 2 is 2.04 bits per heavy atom. The van der Waals surface area contributed by atoms with Crippen LogP contribution in [0.25, 0.3) is 0 Å². The number of guanidine groups is 1. The Kier molecular flexibility index (Phi) is 10.6. The van der Waals surface area contributed by atoms with E-state index in [0.29, 0.717) is 43.9 Å². The second-order valence-corrected chi connectivity index (χ2v) is 5.24. The second-order valence-electron chi connectivity index (χ2n) is 5.24. The van der Waals surface area contributed by atoms with E-state index < -0.39 is 0 Å². The number of aromatic nitrogens is 1. The van der Waals surface area contributed by atoms with E-state index >= 15 is 0 Å². The molecule has 0 bridgehead atoms. The minimum absolute atomic E-state index is 0.